The van der Waals surface area contributed by atoms with Crippen molar-refractivity contribution in [2.75, 3.05) is 0 Å². The van der Waals surface area contributed by atoms with E-state index in [1.807, 2.05) is 6.20 Å². The summed E-state index contributed by atoms with van der Waals surface area (Å²) in [5.41, 5.74) is 3.92. The predicted octanol–water partition coefficient (Wildman–Crippen LogP) is 1.54. The Morgan fingerprint density at radius 3 is 3.22 bits per heavy atom. The summed E-state index contributed by atoms with van der Waals surface area (Å²) in [7, 11) is 0. The molecule has 1 heterocycles. The fourth-order valence-electron chi connectivity index (χ4n) is 1.24. The summed E-state index contributed by atoms with van der Waals surface area (Å²) in [6.07, 6.45) is 1.86. The number of hydrogen-bond acceptors (Lipinski definition) is 1. The molecular weight excluding hydrogens is 112 g/mol. The van der Waals surface area contributed by atoms with Crippen molar-refractivity contribution in [3.63, 3.8) is 0 Å². The summed E-state index contributed by atoms with van der Waals surface area (Å²) >= 11 is 0. The number of benzene rings is 1. The van der Waals surface area contributed by atoms with Gasteiger partial charge in [-0.3, -0.25) is 5.10 Å². The van der Waals surface area contributed by atoms with Gasteiger partial charge in [-0.2, -0.15) is 5.10 Å². The summed E-state index contributed by atoms with van der Waals surface area (Å²) in [4.78, 5) is 0. The molecule has 0 bridgehead atoms. The molecule has 3 rings (SSSR count). The largest absolute Gasteiger partial charge is 0.277 e. The quantitative estimate of drug-likeness (QED) is 0.474. The Morgan fingerprint density at radius 2 is 2.33 bits per heavy atom. The second kappa shape index (κ2) is 0.880. The molecular formula is C7H4N2. The van der Waals surface area contributed by atoms with Crippen molar-refractivity contribution in [3.05, 3.63) is 18.3 Å². The molecule has 42 valence electrons. The molecule has 1 N–H and O–H groups in total. The Morgan fingerprint density at radius 1 is 1.33 bits per heavy atom. The first kappa shape index (κ1) is 3.67. The maximum Gasteiger partial charge on any atom is 0.0729 e. The Kier molecular flexibility index (Phi) is 0.358. The fourth-order valence-corrected chi connectivity index (χ4v) is 1.24. The maximum atomic E-state index is 3.91. The van der Waals surface area contributed by atoms with Crippen LogP contribution in [0.3, 0.4) is 0 Å². The van der Waals surface area contributed by atoms with Crippen LogP contribution in [0.2, 0.25) is 0 Å². The van der Waals surface area contributed by atoms with E-state index in [4.69, 9.17) is 0 Å². The van der Waals surface area contributed by atoms with Crippen LogP contribution in [0.5, 0.6) is 0 Å². The van der Waals surface area contributed by atoms with Crippen LogP contribution in [0.25, 0.3) is 22.0 Å². The van der Waals surface area contributed by atoms with Gasteiger partial charge in [0.25, 0.3) is 0 Å². The third-order valence-corrected chi connectivity index (χ3v) is 1.78. The number of H-pyrrole nitrogens is 1. The molecule has 0 saturated carbocycles. The number of fused-ring (bicyclic) bond motifs is 3. The normalized spacial score (nSPS) is 12.4. The Labute approximate surface area is 51.5 Å². The van der Waals surface area contributed by atoms with Crippen LogP contribution >= 0.6 is 0 Å². The SMILES string of the molecule is c1c2cc3cn[nH]c3c1-2. The number of nitrogens with zero attached hydrogens (tertiary/aromatic N) is 1. The first-order valence-electron chi connectivity index (χ1n) is 2.93. The summed E-state index contributed by atoms with van der Waals surface area (Å²) in [6, 6.07) is 4.30. The molecule has 2 nitrogen and oxygen atoms in total. The molecule has 0 saturated heterocycles. The zero-order chi connectivity index (χ0) is 5.84. The van der Waals surface area contributed by atoms with Gasteiger partial charge in [0.1, 0.15) is 0 Å². The lowest BCUT2D eigenvalue weighted by molar-refractivity contribution is 1.12. The number of aromatic nitrogens is 2. The molecule has 2 heteroatoms. The summed E-state index contributed by atoms with van der Waals surface area (Å²) in [5.74, 6) is 0. The molecule has 0 fully saturated rings. The first-order valence-corrected chi connectivity index (χ1v) is 2.93. The Bertz CT molecular complexity index is 387. The number of hydrogen-bond donors (Lipinski definition) is 1. The minimum absolute atomic E-state index is 1.20. The molecule has 0 aromatic carbocycles. The summed E-state index contributed by atoms with van der Waals surface area (Å²) in [5, 5.41) is 8.09. The van der Waals surface area contributed by atoms with Crippen LogP contribution in [-0.2, 0) is 0 Å². The lowest BCUT2D eigenvalue weighted by Gasteiger charge is -1.69. The van der Waals surface area contributed by atoms with Gasteiger partial charge >= 0.3 is 0 Å². The zero-order valence-electron chi connectivity index (χ0n) is 4.68. The third kappa shape index (κ3) is 0.286. The van der Waals surface area contributed by atoms with Crippen molar-refractivity contribution in [3.8, 4) is 11.1 Å². The van der Waals surface area contributed by atoms with Gasteiger partial charge in [0, 0.05) is 10.9 Å². The van der Waals surface area contributed by atoms with Crippen molar-refractivity contribution < 1.29 is 0 Å². The van der Waals surface area contributed by atoms with E-state index in [9.17, 15) is 0 Å². The lowest BCUT2D eigenvalue weighted by Crippen LogP contribution is -1.59. The summed E-state index contributed by atoms with van der Waals surface area (Å²) in [6.45, 7) is 0. The highest BCUT2D eigenvalue weighted by Gasteiger charge is 2.17. The van der Waals surface area contributed by atoms with Gasteiger partial charge in [-0.15, -0.1) is 0 Å². The molecule has 2 aliphatic rings. The second-order valence-corrected chi connectivity index (χ2v) is 2.36. The molecule has 0 radical (unpaired) electrons. The van der Waals surface area contributed by atoms with E-state index in [1.54, 1.807) is 0 Å². The predicted molar refractivity (Wildman–Crippen MR) is 35.1 cm³/mol. The standard InChI is InChI=1S/C7H4N2/c1-4-2-6(4)7-5(1)3-8-9-7/h1-3H,(H,8,9). The molecule has 0 atom stereocenters. The van der Waals surface area contributed by atoms with Gasteiger partial charge in [-0.25, -0.2) is 0 Å². The van der Waals surface area contributed by atoms with Gasteiger partial charge in [-0.05, 0) is 17.7 Å². The van der Waals surface area contributed by atoms with Gasteiger partial charge in [0.2, 0.25) is 0 Å². The molecule has 0 unspecified atom stereocenters. The van der Waals surface area contributed by atoms with Crippen molar-refractivity contribution >= 4 is 10.9 Å². The summed E-state index contributed by atoms with van der Waals surface area (Å²) < 4.78 is 0. The van der Waals surface area contributed by atoms with E-state index in [-0.39, 0.29) is 0 Å². The topological polar surface area (TPSA) is 28.7 Å². The number of aromatic amines is 1. The lowest BCUT2D eigenvalue weighted by atomic mass is 10.4. The van der Waals surface area contributed by atoms with E-state index >= 15 is 0 Å². The highest BCUT2D eigenvalue weighted by Crippen LogP contribution is 2.41. The minimum Gasteiger partial charge on any atom is -0.277 e. The van der Waals surface area contributed by atoms with Crippen molar-refractivity contribution in [2.24, 2.45) is 0 Å². The number of rotatable bonds is 0. The molecule has 0 spiro atoms. The smallest absolute Gasteiger partial charge is 0.0729 e. The molecule has 0 aliphatic heterocycles. The highest BCUT2D eigenvalue weighted by atomic mass is 15.1. The van der Waals surface area contributed by atoms with E-state index in [0.29, 0.717) is 0 Å². The van der Waals surface area contributed by atoms with Crippen LogP contribution < -0.4 is 0 Å². The van der Waals surface area contributed by atoms with Gasteiger partial charge < -0.3 is 0 Å². The van der Waals surface area contributed by atoms with Gasteiger partial charge in [0.05, 0.1) is 11.7 Å². The molecule has 9 heavy (non-hydrogen) atoms. The molecule has 1 aromatic rings. The maximum absolute atomic E-state index is 3.91. The van der Waals surface area contributed by atoms with Crippen molar-refractivity contribution in [1.29, 1.82) is 0 Å². The Hall–Kier alpha value is -1.31. The second-order valence-electron chi connectivity index (χ2n) is 2.36. The van der Waals surface area contributed by atoms with Gasteiger partial charge in [-0.1, -0.05) is 0 Å². The monoisotopic (exact) mass is 116 g/mol. The van der Waals surface area contributed by atoms with Crippen molar-refractivity contribution in [1.82, 2.24) is 10.2 Å². The van der Waals surface area contributed by atoms with Crippen LogP contribution in [0, 0.1) is 0 Å². The third-order valence-electron chi connectivity index (χ3n) is 1.78. The molecule has 0 amide bonds. The average molecular weight is 116 g/mol. The van der Waals surface area contributed by atoms with E-state index in [0.717, 1.165) is 0 Å². The zero-order valence-corrected chi connectivity index (χ0v) is 4.68. The van der Waals surface area contributed by atoms with Gasteiger partial charge in [0.15, 0.2) is 0 Å². The molecule has 2 aliphatic carbocycles. The van der Waals surface area contributed by atoms with Crippen LogP contribution in [0.4, 0.5) is 0 Å². The van der Waals surface area contributed by atoms with Crippen molar-refractivity contribution in [2.45, 2.75) is 0 Å². The fraction of sp³-hybridized carbons (Fsp3) is 0. The first-order chi connectivity index (χ1) is 4.45. The average Bonchev–Trinajstić information content (AvgIpc) is 2.38. The van der Waals surface area contributed by atoms with E-state index in [2.05, 4.69) is 22.3 Å². The Balaban J connectivity index is 2.74. The van der Waals surface area contributed by atoms with Crippen LogP contribution in [0.15, 0.2) is 18.3 Å². The highest BCUT2D eigenvalue weighted by molar-refractivity contribution is 6.06. The van der Waals surface area contributed by atoms with E-state index < -0.39 is 0 Å². The van der Waals surface area contributed by atoms with Crippen LogP contribution in [0.1, 0.15) is 0 Å². The minimum atomic E-state index is 1.20. The van der Waals surface area contributed by atoms with E-state index in [1.165, 1.54) is 22.0 Å². The number of nitrogens with one attached hydrogen (secondary N) is 1. The van der Waals surface area contributed by atoms with Crippen LogP contribution in [-0.4, -0.2) is 10.2 Å². The molecule has 1 aromatic heterocycles.